The predicted octanol–water partition coefficient (Wildman–Crippen LogP) is 0.274. The lowest BCUT2D eigenvalue weighted by atomic mass is 9.89. The monoisotopic (exact) mass is 380 g/mol. The number of rotatable bonds is 11. The van der Waals surface area contributed by atoms with Crippen molar-refractivity contribution in [2.45, 2.75) is 38.9 Å². The Morgan fingerprint density at radius 1 is 1.22 bits per heavy atom. The molecule has 0 bridgehead atoms. The van der Waals surface area contributed by atoms with Crippen LogP contribution < -0.4 is 11.1 Å². The highest BCUT2D eigenvalue weighted by molar-refractivity contribution is 5.94. The van der Waals surface area contributed by atoms with E-state index in [1.165, 1.54) is 0 Å². The van der Waals surface area contributed by atoms with Gasteiger partial charge in [-0.05, 0) is 42.5 Å². The molecule has 2 unspecified atom stereocenters. The number of aliphatic hydroxyl groups excluding tert-OH is 2. The number of aryl methyl sites for hydroxylation is 1. The Hall–Kier alpha value is -2.26. The van der Waals surface area contributed by atoms with Gasteiger partial charge in [0.15, 0.2) is 0 Å². The van der Waals surface area contributed by atoms with E-state index in [1.807, 2.05) is 6.07 Å². The van der Waals surface area contributed by atoms with Crippen LogP contribution in [0.4, 0.5) is 0 Å². The number of carbonyl (C=O) groups is 2. The second kappa shape index (κ2) is 10.8. The van der Waals surface area contributed by atoms with Crippen LogP contribution in [0.25, 0.3) is 0 Å². The number of nitrogens with one attached hydrogen (secondary N) is 1. The molecule has 0 aromatic heterocycles. The summed E-state index contributed by atoms with van der Waals surface area (Å²) >= 11 is 0. The van der Waals surface area contributed by atoms with Crippen LogP contribution in [0, 0.1) is 13.8 Å². The fraction of sp³-hybridized carbons (Fsp3) is 0.474. The minimum atomic E-state index is -1.38. The molecule has 27 heavy (non-hydrogen) atoms. The third kappa shape index (κ3) is 7.10. The molecule has 8 nitrogen and oxygen atoms in total. The van der Waals surface area contributed by atoms with Crippen molar-refractivity contribution < 1.29 is 30.0 Å². The van der Waals surface area contributed by atoms with Crippen molar-refractivity contribution in [3.05, 3.63) is 46.0 Å². The molecule has 0 saturated heterocycles. The van der Waals surface area contributed by atoms with Gasteiger partial charge in [-0.3, -0.25) is 0 Å². The Kier molecular flexibility index (Phi) is 9.10. The lowest BCUT2D eigenvalue weighted by Gasteiger charge is -2.21. The lowest BCUT2D eigenvalue weighted by Crippen LogP contribution is -2.32. The zero-order valence-corrected chi connectivity index (χ0v) is 15.6. The number of nitrogens with two attached hydrogens (primary N) is 1. The summed E-state index contributed by atoms with van der Waals surface area (Å²) in [5.74, 6) is -2.76. The Balaban J connectivity index is 3.03. The molecule has 0 amide bonds. The predicted molar refractivity (Wildman–Crippen MR) is 100 cm³/mol. The maximum absolute atomic E-state index is 11.2. The highest BCUT2D eigenvalue weighted by atomic mass is 16.4. The molecule has 0 aliphatic carbocycles. The van der Waals surface area contributed by atoms with Crippen LogP contribution in [0.3, 0.4) is 0 Å². The standard InChI is InChI=1S/C19H28N2O6/c1-11-3-4-13(7-15(22)10-21-6-5-20)12(2)18(11)16(23)8-14(19(26)27)9-17(24)25/h3-4,9,15-16,21-23H,5-8,10,20H2,1-2H3,(H,24,25)(H,26,27). The summed E-state index contributed by atoms with van der Waals surface area (Å²) in [7, 11) is 0. The highest BCUT2D eigenvalue weighted by Gasteiger charge is 2.21. The second-order valence-corrected chi connectivity index (χ2v) is 6.46. The van der Waals surface area contributed by atoms with E-state index in [0.29, 0.717) is 37.7 Å². The molecule has 1 aromatic rings. The third-order valence-corrected chi connectivity index (χ3v) is 4.32. The van der Waals surface area contributed by atoms with Crippen LogP contribution in [-0.2, 0) is 16.0 Å². The molecule has 0 saturated carbocycles. The van der Waals surface area contributed by atoms with Gasteiger partial charge in [0, 0.05) is 37.7 Å². The Morgan fingerprint density at radius 2 is 1.89 bits per heavy atom. The highest BCUT2D eigenvalue weighted by Crippen LogP contribution is 2.29. The summed E-state index contributed by atoms with van der Waals surface area (Å²) in [4.78, 5) is 22.0. The number of aliphatic hydroxyl groups is 2. The van der Waals surface area contributed by atoms with Gasteiger partial charge in [-0.1, -0.05) is 12.1 Å². The number of hydrogen-bond donors (Lipinski definition) is 6. The first-order valence-corrected chi connectivity index (χ1v) is 8.70. The average Bonchev–Trinajstić information content (AvgIpc) is 2.56. The molecule has 0 aliphatic heterocycles. The number of carboxylic acids is 2. The molecule has 0 aliphatic rings. The van der Waals surface area contributed by atoms with Crippen LogP contribution in [0.1, 0.15) is 34.8 Å². The lowest BCUT2D eigenvalue weighted by molar-refractivity contribution is -0.135. The van der Waals surface area contributed by atoms with Gasteiger partial charge in [0.25, 0.3) is 0 Å². The molecule has 0 spiro atoms. The van der Waals surface area contributed by atoms with Crippen molar-refractivity contribution >= 4 is 11.9 Å². The molecule has 7 N–H and O–H groups in total. The van der Waals surface area contributed by atoms with E-state index in [0.717, 1.165) is 16.7 Å². The van der Waals surface area contributed by atoms with Gasteiger partial charge in [-0.2, -0.15) is 0 Å². The van der Waals surface area contributed by atoms with Crippen LogP contribution in [-0.4, -0.2) is 58.1 Å². The summed E-state index contributed by atoms with van der Waals surface area (Å²) in [6.07, 6.45) is -1.18. The molecule has 1 aromatic carbocycles. The maximum atomic E-state index is 11.2. The fourth-order valence-electron chi connectivity index (χ4n) is 3.01. The first kappa shape index (κ1) is 22.8. The smallest absolute Gasteiger partial charge is 0.331 e. The number of hydrogen-bond acceptors (Lipinski definition) is 6. The minimum Gasteiger partial charge on any atom is -0.478 e. The summed E-state index contributed by atoms with van der Waals surface area (Å²) in [6, 6.07) is 3.65. The second-order valence-electron chi connectivity index (χ2n) is 6.46. The van der Waals surface area contributed by atoms with Crippen molar-refractivity contribution in [1.29, 1.82) is 0 Å². The Morgan fingerprint density at radius 3 is 2.44 bits per heavy atom. The van der Waals surface area contributed by atoms with E-state index >= 15 is 0 Å². The molecular weight excluding hydrogens is 352 g/mol. The third-order valence-electron chi connectivity index (χ3n) is 4.32. The van der Waals surface area contributed by atoms with Gasteiger partial charge in [0.05, 0.1) is 12.2 Å². The largest absolute Gasteiger partial charge is 0.478 e. The molecule has 150 valence electrons. The number of aliphatic carboxylic acids is 2. The van der Waals surface area contributed by atoms with Crippen LogP contribution in [0.15, 0.2) is 23.8 Å². The van der Waals surface area contributed by atoms with Gasteiger partial charge in [-0.25, -0.2) is 9.59 Å². The van der Waals surface area contributed by atoms with Crippen molar-refractivity contribution in [2.75, 3.05) is 19.6 Å². The van der Waals surface area contributed by atoms with E-state index in [2.05, 4.69) is 5.32 Å². The van der Waals surface area contributed by atoms with Crippen molar-refractivity contribution in [3.63, 3.8) is 0 Å². The summed E-state index contributed by atoms with van der Waals surface area (Å²) in [5, 5.41) is 41.7. The zero-order valence-electron chi connectivity index (χ0n) is 15.6. The zero-order chi connectivity index (χ0) is 20.6. The molecule has 1 rings (SSSR count). The molecule has 0 fully saturated rings. The molecule has 0 radical (unpaired) electrons. The summed E-state index contributed by atoms with van der Waals surface area (Å²) in [6.45, 7) is 5.04. The number of benzene rings is 1. The van der Waals surface area contributed by atoms with Crippen LogP contribution in [0.2, 0.25) is 0 Å². The van der Waals surface area contributed by atoms with E-state index < -0.39 is 24.1 Å². The van der Waals surface area contributed by atoms with Crippen molar-refractivity contribution in [1.82, 2.24) is 5.32 Å². The first-order chi connectivity index (χ1) is 12.7. The van der Waals surface area contributed by atoms with Gasteiger partial charge in [0.2, 0.25) is 0 Å². The summed E-state index contributed by atoms with van der Waals surface area (Å²) < 4.78 is 0. The quantitative estimate of drug-likeness (QED) is 0.236. The molecular formula is C19H28N2O6. The Bertz CT molecular complexity index is 702. The fourth-order valence-corrected chi connectivity index (χ4v) is 3.01. The van der Waals surface area contributed by atoms with Gasteiger partial charge in [0.1, 0.15) is 0 Å². The van der Waals surface area contributed by atoms with E-state index in [1.54, 1.807) is 19.9 Å². The van der Waals surface area contributed by atoms with Crippen molar-refractivity contribution in [3.8, 4) is 0 Å². The average molecular weight is 380 g/mol. The van der Waals surface area contributed by atoms with Gasteiger partial charge in [-0.15, -0.1) is 0 Å². The van der Waals surface area contributed by atoms with Gasteiger partial charge < -0.3 is 31.5 Å². The van der Waals surface area contributed by atoms with Crippen LogP contribution in [0.5, 0.6) is 0 Å². The number of carboxylic acid groups (broad SMARTS) is 2. The molecule has 2 atom stereocenters. The SMILES string of the molecule is Cc1ccc(CC(O)CNCCN)c(C)c1C(O)CC(=CC(=O)O)C(=O)O. The van der Waals surface area contributed by atoms with Gasteiger partial charge >= 0.3 is 11.9 Å². The minimum absolute atomic E-state index is 0.326. The Labute approximate surface area is 158 Å². The molecule has 8 heteroatoms. The van der Waals surface area contributed by atoms with Crippen molar-refractivity contribution in [2.24, 2.45) is 5.73 Å². The van der Waals surface area contributed by atoms with E-state index in [9.17, 15) is 19.8 Å². The maximum Gasteiger partial charge on any atom is 0.331 e. The normalized spacial score (nSPS) is 14.0. The van der Waals surface area contributed by atoms with Crippen LogP contribution >= 0.6 is 0 Å². The topological polar surface area (TPSA) is 153 Å². The first-order valence-electron chi connectivity index (χ1n) is 8.70. The van der Waals surface area contributed by atoms with E-state index in [-0.39, 0.29) is 12.0 Å². The molecule has 0 heterocycles. The summed E-state index contributed by atoms with van der Waals surface area (Å²) in [5.41, 5.74) is 7.90. The van der Waals surface area contributed by atoms with E-state index in [4.69, 9.17) is 15.9 Å².